The highest BCUT2D eigenvalue weighted by Crippen LogP contribution is 2.49. The number of nitrogens with zero attached hydrogens (tertiary/aromatic N) is 2. The molecule has 2 heteroatoms. The summed E-state index contributed by atoms with van der Waals surface area (Å²) in [5.41, 5.74) is 10.2. The van der Waals surface area contributed by atoms with E-state index in [2.05, 4.69) is 87.2 Å². The fourth-order valence-corrected chi connectivity index (χ4v) is 4.24. The van der Waals surface area contributed by atoms with E-state index in [1.165, 1.54) is 59.3 Å². The number of hydrogen-bond acceptors (Lipinski definition) is 2. The second kappa shape index (κ2) is 7.74. The number of rotatable bonds is 7. The predicted octanol–water partition coefficient (Wildman–Crippen LogP) is 7.09. The van der Waals surface area contributed by atoms with E-state index < -0.39 is 0 Å². The minimum Gasteiger partial charge on any atom is -0.345 e. The van der Waals surface area contributed by atoms with Crippen molar-refractivity contribution in [1.82, 2.24) is 0 Å². The first kappa shape index (κ1) is 19.8. The molecule has 2 aliphatic carbocycles. The van der Waals surface area contributed by atoms with Crippen molar-refractivity contribution in [2.24, 2.45) is 11.8 Å². The quantitative estimate of drug-likeness (QED) is 0.462. The standard InChI is InChI=1S/C27H34N2/c1-7-29-20(4)16-25(23-12-13-23)26-17-24(14-15-27(26)29)28(6)21(5)18(2)8-9-19(3)22-10-11-22/h8-9,14-17,22-23H,4-5,7,10-13H2,1-3,6H3/b18-8+,19-9+. The maximum atomic E-state index is 4.38. The van der Waals surface area contributed by atoms with Crippen LogP contribution < -0.4 is 9.80 Å². The van der Waals surface area contributed by atoms with Crippen LogP contribution in [0.5, 0.6) is 0 Å². The van der Waals surface area contributed by atoms with Gasteiger partial charge in [-0.15, -0.1) is 0 Å². The van der Waals surface area contributed by atoms with Gasteiger partial charge in [-0.25, -0.2) is 0 Å². The number of anilines is 2. The second-order valence-electron chi connectivity index (χ2n) is 8.85. The van der Waals surface area contributed by atoms with Gasteiger partial charge >= 0.3 is 0 Å². The second-order valence-corrected chi connectivity index (χ2v) is 8.85. The lowest BCUT2D eigenvalue weighted by Crippen LogP contribution is -2.25. The lowest BCUT2D eigenvalue weighted by Gasteiger charge is -2.33. The molecule has 1 aromatic carbocycles. The zero-order valence-electron chi connectivity index (χ0n) is 18.5. The predicted molar refractivity (Wildman–Crippen MR) is 127 cm³/mol. The molecule has 0 atom stereocenters. The lowest BCUT2D eigenvalue weighted by atomic mass is 9.93. The zero-order chi connectivity index (χ0) is 20.7. The fourth-order valence-electron chi connectivity index (χ4n) is 4.24. The van der Waals surface area contributed by atoms with Gasteiger partial charge in [0.2, 0.25) is 0 Å². The molecule has 0 amide bonds. The average Bonchev–Trinajstić information content (AvgIpc) is 3.62. The van der Waals surface area contributed by atoms with Crippen LogP contribution in [0.25, 0.3) is 5.57 Å². The molecule has 29 heavy (non-hydrogen) atoms. The fraction of sp³-hybridized carbons (Fsp3) is 0.407. The van der Waals surface area contributed by atoms with Crippen molar-refractivity contribution in [3.05, 3.63) is 77.7 Å². The Hall–Kier alpha value is -2.48. The van der Waals surface area contributed by atoms with Gasteiger partial charge in [0.25, 0.3) is 0 Å². The lowest BCUT2D eigenvalue weighted by molar-refractivity contribution is 0.959. The minimum atomic E-state index is 0.699. The Morgan fingerprint density at radius 1 is 1.17 bits per heavy atom. The van der Waals surface area contributed by atoms with Gasteiger partial charge in [-0.2, -0.15) is 0 Å². The van der Waals surface area contributed by atoms with E-state index in [9.17, 15) is 0 Å². The Balaban J connectivity index is 1.61. The molecule has 2 saturated carbocycles. The maximum Gasteiger partial charge on any atom is 0.0488 e. The van der Waals surface area contributed by atoms with E-state index in [1.54, 1.807) is 0 Å². The Morgan fingerprint density at radius 2 is 1.90 bits per heavy atom. The van der Waals surface area contributed by atoms with Crippen molar-refractivity contribution >= 4 is 16.9 Å². The third-order valence-corrected chi connectivity index (χ3v) is 6.65. The van der Waals surface area contributed by atoms with Gasteiger partial charge in [0.15, 0.2) is 0 Å². The van der Waals surface area contributed by atoms with Crippen LogP contribution >= 0.6 is 0 Å². The molecule has 0 N–H and O–H groups in total. The molecule has 0 radical (unpaired) electrons. The van der Waals surface area contributed by atoms with Crippen LogP contribution in [0.4, 0.5) is 11.4 Å². The van der Waals surface area contributed by atoms with Crippen LogP contribution in [0.1, 0.15) is 52.0 Å². The van der Waals surface area contributed by atoms with Crippen LogP contribution in [-0.4, -0.2) is 13.6 Å². The van der Waals surface area contributed by atoms with Crippen LogP contribution in [0.2, 0.25) is 0 Å². The van der Waals surface area contributed by atoms with Gasteiger partial charge in [-0.3, -0.25) is 0 Å². The number of allylic oxidation sites excluding steroid dienone is 6. The summed E-state index contributed by atoms with van der Waals surface area (Å²) in [5.74, 6) is 1.51. The number of fused-ring (bicyclic) bond motifs is 1. The van der Waals surface area contributed by atoms with Gasteiger partial charge in [0.1, 0.15) is 0 Å². The van der Waals surface area contributed by atoms with Crippen LogP contribution in [0, 0.1) is 11.8 Å². The summed E-state index contributed by atoms with van der Waals surface area (Å²) in [6, 6.07) is 6.82. The van der Waals surface area contributed by atoms with Crippen molar-refractivity contribution in [3.63, 3.8) is 0 Å². The molecule has 0 unspecified atom stereocenters. The first-order chi connectivity index (χ1) is 13.9. The zero-order valence-corrected chi connectivity index (χ0v) is 18.5. The van der Waals surface area contributed by atoms with Gasteiger partial charge in [0.05, 0.1) is 0 Å². The summed E-state index contributed by atoms with van der Waals surface area (Å²) in [6.07, 6.45) is 12.1. The topological polar surface area (TPSA) is 6.48 Å². The van der Waals surface area contributed by atoms with Crippen molar-refractivity contribution in [2.45, 2.75) is 46.5 Å². The number of benzene rings is 1. The van der Waals surface area contributed by atoms with Crippen molar-refractivity contribution < 1.29 is 0 Å². The molecule has 3 aliphatic rings. The highest BCUT2D eigenvalue weighted by atomic mass is 15.1. The maximum absolute atomic E-state index is 4.38. The molecule has 0 saturated heterocycles. The van der Waals surface area contributed by atoms with Crippen LogP contribution in [-0.2, 0) is 0 Å². The smallest absolute Gasteiger partial charge is 0.0488 e. The summed E-state index contributed by atoms with van der Waals surface area (Å²) in [7, 11) is 2.12. The summed E-state index contributed by atoms with van der Waals surface area (Å²) in [6.45, 7) is 16.2. The summed E-state index contributed by atoms with van der Waals surface area (Å²) in [4.78, 5) is 4.53. The highest BCUT2D eigenvalue weighted by molar-refractivity contribution is 5.88. The Labute approximate surface area is 176 Å². The van der Waals surface area contributed by atoms with Gasteiger partial charge < -0.3 is 9.80 Å². The normalized spacial score (nSPS) is 19.8. The summed E-state index contributed by atoms with van der Waals surface area (Å²) < 4.78 is 0. The molecule has 0 aromatic heterocycles. The van der Waals surface area contributed by atoms with E-state index in [0.717, 1.165) is 23.9 Å². The molecule has 2 nitrogen and oxygen atoms in total. The van der Waals surface area contributed by atoms with E-state index in [1.807, 2.05) is 0 Å². The molecule has 1 aliphatic heterocycles. The molecule has 2 fully saturated rings. The average molecular weight is 387 g/mol. The van der Waals surface area contributed by atoms with Gasteiger partial charge in [-0.05, 0) is 93.7 Å². The van der Waals surface area contributed by atoms with E-state index in [0.29, 0.717) is 5.92 Å². The SMILES string of the molecule is C=C(/C(C)=C/C=C(\C)C1CC1)N(C)c1ccc2c(c1)C(C1CC1)=CC(=C)N2CC. The minimum absolute atomic E-state index is 0.699. The molecular formula is C27H34N2. The highest BCUT2D eigenvalue weighted by Gasteiger charge is 2.32. The molecule has 4 rings (SSSR count). The Morgan fingerprint density at radius 3 is 2.52 bits per heavy atom. The molecule has 1 aromatic rings. The first-order valence-electron chi connectivity index (χ1n) is 11.0. The molecule has 152 valence electrons. The molecule has 0 spiro atoms. The van der Waals surface area contributed by atoms with Crippen LogP contribution in [0.15, 0.2) is 72.1 Å². The third-order valence-electron chi connectivity index (χ3n) is 6.65. The van der Waals surface area contributed by atoms with Gasteiger partial charge in [-0.1, -0.05) is 30.9 Å². The van der Waals surface area contributed by atoms with Gasteiger partial charge in [0, 0.05) is 41.9 Å². The van der Waals surface area contributed by atoms with E-state index in [4.69, 9.17) is 0 Å². The van der Waals surface area contributed by atoms with Crippen molar-refractivity contribution in [3.8, 4) is 0 Å². The molecule has 1 heterocycles. The molecular weight excluding hydrogens is 352 g/mol. The number of hydrogen-bond donors (Lipinski definition) is 0. The van der Waals surface area contributed by atoms with Crippen LogP contribution in [0.3, 0.4) is 0 Å². The van der Waals surface area contributed by atoms with E-state index >= 15 is 0 Å². The van der Waals surface area contributed by atoms with Crippen molar-refractivity contribution in [1.29, 1.82) is 0 Å². The monoisotopic (exact) mass is 386 g/mol. The molecule has 0 bridgehead atoms. The Bertz CT molecular complexity index is 935. The Kier molecular flexibility index (Phi) is 5.29. The first-order valence-corrected chi connectivity index (χ1v) is 11.0. The van der Waals surface area contributed by atoms with E-state index in [-0.39, 0.29) is 0 Å². The largest absolute Gasteiger partial charge is 0.345 e. The van der Waals surface area contributed by atoms with Crippen molar-refractivity contribution in [2.75, 3.05) is 23.4 Å². The summed E-state index contributed by atoms with van der Waals surface area (Å²) in [5, 5.41) is 0. The third kappa shape index (κ3) is 3.99. The summed E-state index contributed by atoms with van der Waals surface area (Å²) >= 11 is 0. The number of likely N-dealkylation sites (N-methyl/N-ethyl adjacent to an activating group) is 2.